The standard InChI is InChI=1S/C21H24ClFN2O5S/c22-14-5-8-16(9-6-14)31(28,29)25-19-10-7-15(30-20(19)13-26)11-12-24-21(27)17-3-1-2-4-18(17)23/h1-6,8-9,15,19-20,25-26H,7,10-13H2,(H,24,27)/t15-,19+,20-/m0/s1. The van der Waals surface area contributed by atoms with Crippen LogP contribution < -0.4 is 10.0 Å². The van der Waals surface area contributed by atoms with Crippen molar-refractivity contribution in [2.75, 3.05) is 13.2 Å². The number of hydrogen-bond donors (Lipinski definition) is 3. The van der Waals surface area contributed by atoms with E-state index in [1.54, 1.807) is 6.07 Å². The van der Waals surface area contributed by atoms with E-state index < -0.39 is 33.9 Å². The second-order valence-corrected chi connectivity index (χ2v) is 9.41. The molecule has 0 unspecified atom stereocenters. The number of carbonyl (C=O) groups is 1. The number of rotatable bonds is 8. The summed E-state index contributed by atoms with van der Waals surface area (Å²) >= 11 is 5.81. The zero-order valence-electron chi connectivity index (χ0n) is 16.6. The zero-order valence-corrected chi connectivity index (χ0v) is 18.2. The van der Waals surface area contributed by atoms with Crippen LogP contribution in [0.4, 0.5) is 4.39 Å². The molecule has 3 rings (SSSR count). The van der Waals surface area contributed by atoms with Gasteiger partial charge >= 0.3 is 0 Å². The maximum Gasteiger partial charge on any atom is 0.254 e. The van der Waals surface area contributed by atoms with E-state index in [0.29, 0.717) is 24.3 Å². The minimum Gasteiger partial charge on any atom is -0.394 e. The van der Waals surface area contributed by atoms with Crippen LogP contribution in [0.15, 0.2) is 53.4 Å². The van der Waals surface area contributed by atoms with Crippen LogP contribution in [0.2, 0.25) is 5.02 Å². The van der Waals surface area contributed by atoms with E-state index in [4.69, 9.17) is 16.3 Å². The Labute approximate surface area is 185 Å². The first-order chi connectivity index (χ1) is 14.8. The second-order valence-electron chi connectivity index (χ2n) is 7.26. The summed E-state index contributed by atoms with van der Waals surface area (Å²) in [5.41, 5.74) is -0.0306. The Balaban J connectivity index is 1.51. The highest BCUT2D eigenvalue weighted by Gasteiger charge is 2.33. The summed E-state index contributed by atoms with van der Waals surface area (Å²) < 4.78 is 47.3. The Kier molecular flexibility index (Phi) is 8.01. The van der Waals surface area contributed by atoms with E-state index >= 15 is 0 Å². The fourth-order valence-corrected chi connectivity index (χ4v) is 4.87. The second kappa shape index (κ2) is 10.5. The quantitative estimate of drug-likeness (QED) is 0.549. The number of halogens is 2. The van der Waals surface area contributed by atoms with E-state index in [-0.39, 0.29) is 29.7 Å². The number of ether oxygens (including phenoxy) is 1. The van der Waals surface area contributed by atoms with Gasteiger partial charge in [-0.15, -0.1) is 0 Å². The van der Waals surface area contributed by atoms with Gasteiger partial charge in [-0.3, -0.25) is 4.79 Å². The Morgan fingerprint density at radius 1 is 1.16 bits per heavy atom. The van der Waals surface area contributed by atoms with Crippen LogP contribution in [-0.4, -0.2) is 50.8 Å². The molecule has 0 spiro atoms. The summed E-state index contributed by atoms with van der Waals surface area (Å²) in [6, 6.07) is 10.9. The molecule has 7 nitrogen and oxygen atoms in total. The molecule has 168 valence electrons. The molecule has 0 radical (unpaired) electrons. The van der Waals surface area contributed by atoms with Crippen molar-refractivity contribution in [3.8, 4) is 0 Å². The van der Waals surface area contributed by atoms with Gasteiger partial charge < -0.3 is 15.2 Å². The van der Waals surface area contributed by atoms with Gasteiger partial charge in [0.1, 0.15) is 5.82 Å². The third kappa shape index (κ3) is 6.24. The van der Waals surface area contributed by atoms with Crippen molar-refractivity contribution >= 4 is 27.5 Å². The van der Waals surface area contributed by atoms with Gasteiger partial charge in [-0.05, 0) is 55.7 Å². The molecule has 1 aliphatic rings. The predicted molar refractivity (Wildman–Crippen MR) is 114 cm³/mol. The molecule has 0 saturated carbocycles. The third-order valence-electron chi connectivity index (χ3n) is 5.10. The number of aliphatic hydroxyl groups excluding tert-OH is 1. The first-order valence-electron chi connectivity index (χ1n) is 9.87. The Hall–Kier alpha value is -2.04. The van der Waals surface area contributed by atoms with Gasteiger partial charge in [-0.2, -0.15) is 0 Å². The molecule has 3 atom stereocenters. The topological polar surface area (TPSA) is 105 Å². The highest BCUT2D eigenvalue weighted by Crippen LogP contribution is 2.24. The van der Waals surface area contributed by atoms with Crippen molar-refractivity contribution in [2.45, 2.75) is 42.4 Å². The third-order valence-corrected chi connectivity index (χ3v) is 6.85. The summed E-state index contributed by atoms with van der Waals surface area (Å²) in [6.07, 6.45) is 0.467. The van der Waals surface area contributed by atoms with Crippen LogP contribution in [0.25, 0.3) is 0 Å². The maximum atomic E-state index is 13.7. The van der Waals surface area contributed by atoms with Gasteiger partial charge in [0.15, 0.2) is 0 Å². The fourth-order valence-electron chi connectivity index (χ4n) is 3.45. The van der Waals surface area contributed by atoms with Crippen LogP contribution >= 0.6 is 11.6 Å². The lowest BCUT2D eigenvalue weighted by Gasteiger charge is -2.36. The van der Waals surface area contributed by atoms with Crippen LogP contribution in [-0.2, 0) is 14.8 Å². The predicted octanol–water partition coefficient (Wildman–Crippen LogP) is 2.49. The van der Waals surface area contributed by atoms with E-state index in [1.807, 2.05) is 0 Å². The smallest absolute Gasteiger partial charge is 0.254 e. The van der Waals surface area contributed by atoms with Crippen molar-refractivity contribution in [2.24, 2.45) is 0 Å². The molecule has 31 heavy (non-hydrogen) atoms. The highest BCUT2D eigenvalue weighted by molar-refractivity contribution is 7.89. The monoisotopic (exact) mass is 470 g/mol. The summed E-state index contributed by atoms with van der Waals surface area (Å²) in [5, 5.41) is 12.8. The minimum absolute atomic E-state index is 0.0306. The van der Waals surface area contributed by atoms with Crippen LogP contribution in [0.5, 0.6) is 0 Å². The largest absolute Gasteiger partial charge is 0.394 e. The molecule has 0 aromatic heterocycles. The molecule has 0 aliphatic carbocycles. The van der Waals surface area contributed by atoms with Gasteiger partial charge in [0.05, 0.1) is 35.3 Å². The van der Waals surface area contributed by atoms with Gasteiger partial charge in [0.25, 0.3) is 5.91 Å². The number of aliphatic hydroxyl groups is 1. The molecule has 1 saturated heterocycles. The van der Waals surface area contributed by atoms with E-state index in [0.717, 1.165) is 0 Å². The van der Waals surface area contributed by atoms with Crippen molar-refractivity contribution in [3.05, 3.63) is 64.9 Å². The number of amides is 1. The molecular formula is C21H24ClFN2O5S. The summed E-state index contributed by atoms with van der Waals surface area (Å²) in [7, 11) is -3.79. The molecule has 10 heteroatoms. The lowest BCUT2D eigenvalue weighted by molar-refractivity contribution is -0.0871. The summed E-state index contributed by atoms with van der Waals surface area (Å²) in [6.45, 7) is -0.0942. The molecule has 1 heterocycles. The molecule has 0 bridgehead atoms. The van der Waals surface area contributed by atoms with Crippen LogP contribution in [0, 0.1) is 5.82 Å². The zero-order chi connectivity index (χ0) is 22.4. The maximum absolute atomic E-state index is 13.7. The van der Waals surface area contributed by atoms with E-state index in [9.17, 15) is 22.7 Å². The first-order valence-corrected chi connectivity index (χ1v) is 11.7. The average Bonchev–Trinajstić information content (AvgIpc) is 2.75. The summed E-state index contributed by atoms with van der Waals surface area (Å²) in [4.78, 5) is 12.2. The van der Waals surface area contributed by atoms with Crippen molar-refractivity contribution in [3.63, 3.8) is 0 Å². The lowest BCUT2D eigenvalue weighted by Crippen LogP contribution is -2.51. The number of benzene rings is 2. The van der Waals surface area contributed by atoms with Gasteiger partial charge in [-0.25, -0.2) is 17.5 Å². The Morgan fingerprint density at radius 3 is 2.55 bits per heavy atom. The van der Waals surface area contributed by atoms with Gasteiger partial charge in [-0.1, -0.05) is 23.7 Å². The molecule has 1 amide bonds. The van der Waals surface area contributed by atoms with Crippen LogP contribution in [0.3, 0.4) is 0 Å². The first kappa shape index (κ1) is 23.6. The number of nitrogens with one attached hydrogen (secondary N) is 2. The molecule has 3 N–H and O–H groups in total. The van der Waals surface area contributed by atoms with Gasteiger partial charge in [0, 0.05) is 11.6 Å². The van der Waals surface area contributed by atoms with E-state index in [2.05, 4.69) is 10.0 Å². The number of sulfonamides is 1. The molecule has 2 aromatic rings. The lowest BCUT2D eigenvalue weighted by atomic mass is 9.98. The molecule has 2 aromatic carbocycles. The highest BCUT2D eigenvalue weighted by atomic mass is 35.5. The SMILES string of the molecule is O=C(NCC[C@@H]1CC[C@@H](NS(=O)(=O)c2ccc(Cl)cc2)[C@H](CO)O1)c1ccccc1F. The summed E-state index contributed by atoms with van der Waals surface area (Å²) in [5.74, 6) is -1.11. The van der Waals surface area contributed by atoms with Crippen molar-refractivity contribution < 1.29 is 27.4 Å². The van der Waals surface area contributed by atoms with Crippen molar-refractivity contribution in [1.29, 1.82) is 0 Å². The normalized spacial score (nSPS) is 21.6. The number of hydrogen-bond acceptors (Lipinski definition) is 5. The molecule has 1 aliphatic heterocycles. The molecule has 1 fully saturated rings. The number of carbonyl (C=O) groups excluding carboxylic acids is 1. The fraction of sp³-hybridized carbons (Fsp3) is 0.381. The van der Waals surface area contributed by atoms with Crippen molar-refractivity contribution in [1.82, 2.24) is 10.0 Å². The Bertz CT molecular complexity index is 1000. The Morgan fingerprint density at radius 2 is 1.87 bits per heavy atom. The van der Waals surface area contributed by atoms with E-state index in [1.165, 1.54) is 42.5 Å². The molecular weight excluding hydrogens is 447 g/mol. The minimum atomic E-state index is -3.79. The average molecular weight is 471 g/mol. The van der Waals surface area contributed by atoms with Gasteiger partial charge in [0.2, 0.25) is 10.0 Å². The van der Waals surface area contributed by atoms with Crippen LogP contribution in [0.1, 0.15) is 29.6 Å².